The van der Waals surface area contributed by atoms with Crippen LogP contribution in [0.3, 0.4) is 0 Å². The Bertz CT molecular complexity index is 138. The Kier molecular flexibility index (Phi) is 1.62. The molecule has 0 aromatic carbocycles. The molecule has 8 heavy (non-hydrogen) atoms. The van der Waals surface area contributed by atoms with Crippen molar-refractivity contribution in [2.24, 2.45) is 0 Å². The Morgan fingerprint density at radius 2 is 2.75 bits per heavy atom. The molecule has 0 unspecified atom stereocenters. The van der Waals surface area contributed by atoms with Gasteiger partial charge in [-0.15, -0.1) is 0 Å². The summed E-state index contributed by atoms with van der Waals surface area (Å²) in [6, 6.07) is 0. The van der Waals surface area contributed by atoms with Gasteiger partial charge in [0.05, 0.1) is 0 Å². The summed E-state index contributed by atoms with van der Waals surface area (Å²) >= 11 is 0. The summed E-state index contributed by atoms with van der Waals surface area (Å²) < 4.78 is 0. The molecule has 1 N–H and O–H groups in total. The van der Waals surface area contributed by atoms with E-state index >= 15 is 0 Å². The highest BCUT2D eigenvalue weighted by atomic mass is 15.2. The first-order valence-corrected chi connectivity index (χ1v) is 2.77. The second-order valence-electron chi connectivity index (χ2n) is 1.68. The van der Waals surface area contributed by atoms with E-state index in [9.17, 15) is 0 Å². The third-order valence-corrected chi connectivity index (χ3v) is 0.952. The molecular formula is C5H11N3. The van der Waals surface area contributed by atoms with Gasteiger partial charge < -0.3 is 0 Å². The van der Waals surface area contributed by atoms with E-state index in [1.54, 1.807) is 0 Å². The fourth-order valence-corrected chi connectivity index (χ4v) is 0.588. The molecule has 1 rings (SSSR count). The first kappa shape index (κ1) is 5.28. The molecule has 46 valence electrons. The second kappa shape index (κ2) is 2.45. The summed E-state index contributed by atoms with van der Waals surface area (Å²) in [5, 5.41) is 6.48. The van der Waals surface area contributed by atoms with Gasteiger partial charge in [0.1, 0.15) is 12.2 Å². The summed E-state index contributed by atoms with van der Waals surface area (Å²) in [6.07, 6.45) is 3.65. The summed E-state index contributed by atoms with van der Waals surface area (Å²) in [5.41, 5.74) is 0. The predicted octanol–water partition coefficient (Wildman–Crippen LogP) is 1.00. The smallest absolute Gasteiger partial charge is 0.137 e. The van der Waals surface area contributed by atoms with Gasteiger partial charge in [-0.05, 0) is 6.42 Å². The third kappa shape index (κ3) is 1.05. The van der Waals surface area contributed by atoms with Crippen molar-refractivity contribution in [1.82, 2.24) is 15.2 Å². The van der Waals surface area contributed by atoms with E-state index in [0.29, 0.717) is 0 Å². The molecule has 3 heteroatoms. The second-order valence-corrected chi connectivity index (χ2v) is 1.68. The summed E-state index contributed by atoms with van der Waals surface area (Å²) in [5.74, 6) is 0.979. The van der Waals surface area contributed by atoms with Gasteiger partial charge >= 0.3 is 0 Å². The minimum Gasteiger partial charge on any atom is -0.263 e. The van der Waals surface area contributed by atoms with Crippen LogP contribution in [0.1, 0.15) is 20.6 Å². The number of aromatic amines is 1. The van der Waals surface area contributed by atoms with Gasteiger partial charge in [-0.25, -0.2) is 4.98 Å². The Hall–Kier alpha value is -0.860. The molecule has 0 saturated carbocycles. The zero-order chi connectivity index (χ0) is 5.82. The van der Waals surface area contributed by atoms with E-state index in [0.717, 1.165) is 18.7 Å². The molecule has 0 aliphatic rings. The number of nitrogens with one attached hydrogen (secondary N) is 1. The van der Waals surface area contributed by atoms with Crippen LogP contribution in [0.5, 0.6) is 0 Å². The van der Waals surface area contributed by atoms with E-state index in [-0.39, 0.29) is 1.43 Å². The fourth-order valence-electron chi connectivity index (χ4n) is 0.588. The van der Waals surface area contributed by atoms with Gasteiger partial charge in [-0.1, -0.05) is 6.92 Å². The first-order valence-electron chi connectivity index (χ1n) is 2.77. The number of H-pyrrole nitrogens is 1. The van der Waals surface area contributed by atoms with Gasteiger partial charge in [0.25, 0.3) is 0 Å². The van der Waals surface area contributed by atoms with Crippen molar-refractivity contribution >= 4 is 0 Å². The normalized spacial score (nSPS) is 9.62. The molecule has 1 aromatic heterocycles. The Labute approximate surface area is 49.6 Å². The summed E-state index contributed by atoms with van der Waals surface area (Å²) in [4.78, 5) is 3.94. The number of aryl methyl sites for hydroxylation is 1. The SMILES string of the molecule is CCCc1ncn[nH]1.[HH]. The van der Waals surface area contributed by atoms with Gasteiger partial charge in [0.2, 0.25) is 0 Å². The van der Waals surface area contributed by atoms with Crippen LogP contribution in [0.15, 0.2) is 6.33 Å². The predicted molar refractivity (Wildman–Crippen MR) is 32.5 cm³/mol. The zero-order valence-corrected chi connectivity index (χ0v) is 4.89. The highest BCUT2D eigenvalue weighted by Gasteiger charge is 1.88. The van der Waals surface area contributed by atoms with Crippen LogP contribution in [0, 0.1) is 0 Å². The van der Waals surface area contributed by atoms with E-state index in [1.165, 1.54) is 6.33 Å². The molecule has 1 heterocycles. The molecule has 0 atom stereocenters. The van der Waals surface area contributed by atoms with Crippen molar-refractivity contribution in [3.8, 4) is 0 Å². The number of hydrogen-bond acceptors (Lipinski definition) is 2. The maximum atomic E-state index is 3.94. The van der Waals surface area contributed by atoms with E-state index in [1.807, 2.05) is 0 Å². The lowest BCUT2D eigenvalue weighted by molar-refractivity contribution is 0.841. The van der Waals surface area contributed by atoms with Gasteiger partial charge in [0.15, 0.2) is 0 Å². The van der Waals surface area contributed by atoms with Crippen LogP contribution in [-0.4, -0.2) is 15.2 Å². The third-order valence-electron chi connectivity index (χ3n) is 0.952. The monoisotopic (exact) mass is 113 g/mol. The lowest BCUT2D eigenvalue weighted by Crippen LogP contribution is -1.84. The molecule has 0 aliphatic heterocycles. The van der Waals surface area contributed by atoms with E-state index in [4.69, 9.17) is 0 Å². The Balaban J connectivity index is 0.000000640. The molecule has 0 amide bonds. The van der Waals surface area contributed by atoms with E-state index in [2.05, 4.69) is 22.1 Å². The molecule has 0 fully saturated rings. The van der Waals surface area contributed by atoms with Gasteiger partial charge in [0, 0.05) is 7.85 Å². The molecule has 0 bridgehead atoms. The molecule has 3 nitrogen and oxygen atoms in total. The van der Waals surface area contributed by atoms with Crippen LogP contribution in [-0.2, 0) is 6.42 Å². The Morgan fingerprint density at radius 1 is 1.88 bits per heavy atom. The van der Waals surface area contributed by atoms with Crippen molar-refractivity contribution in [2.75, 3.05) is 0 Å². The number of aromatic nitrogens is 3. The largest absolute Gasteiger partial charge is 0.263 e. The average molecular weight is 113 g/mol. The van der Waals surface area contributed by atoms with Crippen molar-refractivity contribution in [3.05, 3.63) is 12.2 Å². The lowest BCUT2D eigenvalue weighted by atomic mass is 10.3. The maximum absolute atomic E-state index is 3.94. The summed E-state index contributed by atoms with van der Waals surface area (Å²) in [6.45, 7) is 2.11. The van der Waals surface area contributed by atoms with Gasteiger partial charge in [-0.2, -0.15) is 5.10 Å². The number of rotatable bonds is 2. The van der Waals surface area contributed by atoms with Crippen LogP contribution in [0.25, 0.3) is 0 Å². The molecular weight excluding hydrogens is 102 g/mol. The topological polar surface area (TPSA) is 41.6 Å². The first-order chi connectivity index (χ1) is 3.93. The number of nitrogens with zero attached hydrogens (tertiary/aromatic N) is 2. The zero-order valence-electron chi connectivity index (χ0n) is 4.89. The highest BCUT2D eigenvalue weighted by molar-refractivity contribution is 4.78. The molecule has 0 aliphatic carbocycles. The molecule has 0 spiro atoms. The minimum atomic E-state index is 0. The van der Waals surface area contributed by atoms with Crippen molar-refractivity contribution in [3.63, 3.8) is 0 Å². The molecule has 0 saturated heterocycles. The maximum Gasteiger partial charge on any atom is 0.137 e. The van der Waals surface area contributed by atoms with Crippen molar-refractivity contribution in [2.45, 2.75) is 19.8 Å². The fraction of sp³-hybridized carbons (Fsp3) is 0.600. The standard InChI is InChI=1S/C5H9N3.H2/c1-2-3-5-6-4-7-8-5;/h4H,2-3H2,1H3,(H,6,7,8);1H. The quantitative estimate of drug-likeness (QED) is 0.621. The number of hydrogen-bond donors (Lipinski definition) is 1. The van der Waals surface area contributed by atoms with Crippen LogP contribution in [0.2, 0.25) is 0 Å². The lowest BCUT2D eigenvalue weighted by Gasteiger charge is -1.84. The van der Waals surface area contributed by atoms with Crippen LogP contribution < -0.4 is 0 Å². The van der Waals surface area contributed by atoms with Gasteiger partial charge in [-0.3, -0.25) is 5.10 Å². The molecule has 1 aromatic rings. The highest BCUT2D eigenvalue weighted by Crippen LogP contribution is 1.89. The van der Waals surface area contributed by atoms with E-state index < -0.39 is 0 Å². The van der Waals surface area contributed by atoms with Crippen LogP contribution >= 0.6 is 0 Å². The van der Waals surface area contributed by atoms with Crippen molar-refractivity contribution < 1.29 is 1.43 Å². The van der Waals surface area contributed by atoms with Crippen molar-refractivity contribution in [1.29, 1.82) is 0 Å². The minimum absolute atomic E-state index is 0. The summed E-state index contributed by atoms with van der Waals surface area (Å²) in [7, 11) is 0. The van der Waals surface area contributed by atoms with Crippen LogP contribution in [0.4, 0.5) is 0 Å². The molecule has 0 radical (unpaired) electrons. The Morgan fingerprint density at radius 3 is 3.25 bits per heavy atom. The average Bonchev–Trinajstić information content (AvgIpc) is 2.19.